The molecule has 2 aliphatic rings. The van der Waals surface area contributed by atoms with Gasteiger partial charge in [-0.2, -0.15) is 0 Å². The summed E-state index contributed by atoms with van der Waals surface area (Å²) in [5.41, 5.74) is 0.662. The molecule has 2 aliphatic heterocycles. The fourth-order valence-corrected chi connectivity index (χ4v) is 2.82. The molecule has 1 aromatic carbocycles. The Kier molecular flexibility index (Phi) is 3.08. The molecule has 1 spiro atoms. The lowest BCUT2D eigenvalue weighted by atomic mass is 9.95. The van der Waals surface area contributed by atoms with E-state index < -0.39 is 5.54 Å². The number of piperazine rings is 1. The molecule has 0 saturated carbocycles. The topological polar surface area (TPSA) is 61.4 Å². The first-order valence-electron chi connectivity index (χ1n) is 6.54. The lowest BCUT2D eigenvalue weighted by molar-refractivity contribution is -0.137. The van der Waals surface area contributed by atoms with Gasteiger partial charge in [-0.25, -0.2) is 0 Å². The fourth-order valence-electron chi connectivity index (χ4n) is 2.82. The van der Waals surface area contributed by atoms with Crippen molar-refractivity contribution in [2.24, 2.45) is 0 Å². The van der Waals surface area contributed by atoms with Crippen molar-refractivity contribution in [3.63, 3.8) is 0 Å². The predicted octanol–water partition coefficient (Wildman–Crippen LogP) is -0.123. The summed E-state index contributed by atoms with van der Waals surface area (Å²) in [6.07, 6.45) is 0.749. The van der Waals surface area contributed by atoms with Crippen LogP contribution < -0.4 is 10.6 Å². The summed E-state index contributed by atoms with van der Waals surface area (Å²) in [5.74, 6) is -0.420. The number of likely N-dealkylation sites (tertiary alicyclic amines) is 1. The fraction of sp³-hybridized carbons (Fsp3) is 0.429. The first kappa shape index (κ1) is 12.3. The molecule has 1 unspecified atom stereocenters. The minimum Gasteiger partial charge on any atom is -0.297 e. The number of nitrogens with zero attached hydrogens (tertiary/aromatic N) is 1. The van der Waals surface area contributed by atoms with Crippen molar-refractivity contribution < 1.29 is 9.59 Å². The second-order valence-electron chi connectivity index (χ2n) is 5.26. The van der Waals surface area contributed by atoms with Crippen LogP contribution in [0.5, 0.6) is 0 Å². The second kappa shape index (κ2) is 4.75. The van der Waals surface area contributed by atoms with Gasteiger partial charge in [-0.3, -0.25) is 25.1 Å². The van der Waals surface area contributed by atoms with Crippen molar-refractivity contribution in [3.05, 3.63) is 35.9 Å². The molecule has 1 aromatic rings. The number of nitrogens with one attached hydrogen (secondary N) is 2. The zero-order valence-electron chi connectivity index (χ0n) is 10.7. The number of hydrogen-bond donors (Lipinski definition) is 2. The quantitative estimate of drug-likeness (QED) is 0.727. The van der Waals surface area contributed by atoms with Gasteiger partial charge < -0.3 is 0 Å². The third kappa shape index (κ3) is 2.39. The average Bonchev–Trinajstić information content (AvgIpc) is 2.81. The van der Waals surface area contributed by atoms with Crippen LogP contribution in [0.3, 0.4) is 0 Å². The van der Waals surface area contributed by atoms with Crippen LogP contribution in [-0.2, 0) is 16.1 Å². The molecule has 0 bridgehead atoms. The molecule has 2 heterocycles. The highest BCUT2D eigenvalue weighted by atomic mass is 16.2. The van der Waals surface area contributed by atoms with E-state index in [9.17, 15) is 9.59 Å². The Hall–Kier alpha value is -1.72. The van der Waals surface area contributed by atoms with Crippen molar-refractivity contribution in [2.45, 2.75) is 18.5 Å². The van der Waals surface area contributed by atoms with Crippen LogP contribution in [0.1, 0.15) is 12.0 Å². The van der Waals surface area contributed by atoms with Crippen molar-refractivity contribution in [1.82, 2.24) is 15.5 Å². The van der Waals surface area contributed by atoms with Gasteiger partial charge in [-0.05, 0) is 12.0 Å². The van der Waals surface area contributed by atoms with Crippen LogP contribution in [0, 0.1) is 0 Å². The minimum absolute atomic E-state index is 0.181. The van der Waals surface area contributed by atoms with E-state index in [0.29, 0.717) is 6.54 Å². The van der Waals surface area contributed by atoms with E-state index in [2.05, 4.69) is 27.7 Å². The van der Waals surface area contributed by atoms with E-state index in [1.54, 1.807) is 0 Å². The van der Waals surface area contributed by atoms with E-state index in [4.69, 9.17) is 0 Å². The van der Waals surface area contributed by atoms with Crippen molar-refractivity contribution >= 4 is 11.8 Å². The van der Waals surface area contributed by atoms with Crippen molar-refractivity contribution in [2.75, 3.05) is 19.6 Å². The Morgan fingerprint density at radius 3 is 2.74 bits per heavy atom. The number of rotatable bonds is 2. The summed E-state index contributed by atoms with van der Waals surface area (Å²) in [6.45, 7) is 2.58. The van der Waals surface area contributed by atoms with E-state index in [1.165, 1.54) is 5.56 Å². The molecule has 0 aromatic heterocycles. The largest absolute Gasteiger partial charge is 0.297 e. The summed E-state index contributed by atoms with van der Waals surface area (Å²) in [4.78, 5) is 25.4. The number of hydrogen-bond acceptors (Lipinski definition) is 4. The third-order valence-electron chi connectivity index (χ3n) is 3.87. The molecule has 0 aliphatic carbocycles. The normalized spacial score (nSPS) is 27.8. The van der Waals surface area contributed by atoms with Gasteiger partial charge in [0.1, 0.15) is 5.54 Å². The molecule has 2 N–H and O–H groups in total. The van der Waals surface area contributed by atoms with Gasteiger partial charge in [0.05, 0.1) is 6.54 Å². The van der Waals surface area contributed by atoms with Gasteiger partial charge in [0.15, 0.2) is 0 Å². The zero-order chi connectivity index (χ0) is 13.3. The van der Waals surface area contributed by atoms with Gasteiger partial charge in [0, 0.05) is 19.6 Å². The molecule has 2 fully saturated rings. The molecule has 5 nitrogen and oxygen atoms in total. The van der Waals surface area contributed by atoms with Crippen molar-refractivity contribution in [3.8, 4) is 0 Å². The highest BCUT2D eigenvalue weighted by molar-refractivity contribution is 6.03. The van der Waals surface area contributed by atoms with E-state index in [0.717, 1.165) is 19.5 Å². The number of carbonyl (C=O) groups is 2. The monoisotopic (exact) mass is 259 g/mol. The minimum atomic E-state index is -0.581. The van der Waals surface area contributed by atoms with Gasteiger partial charge in [0.2, 0.25) is 11.8 Å². The van der Waals surface area contributed by atoms with Crippen LogP contribution in [0.2, 0.25) is 0 Å². The first-order valence-corrected chi connectivity index (χ1v) is 6.54. The van der Waals surface area contributed by atoms with Crippen molar-refractivity contribution in [1.29, 1.82) is 0 Å². The van der Waals surface area contributed by atoms with E-state index in [1.807, 2.05) is 18.2 Å². The van der Waals surface area contributed by atoms with E-state index >= 15 is 0 Å². The summed E-state index contributed by atoms with van der Waals surface area (Å²) in [6, 6.07) is 10.2. The Morgan fingerprint density at radius 1 is 1.21 bits per heavy atom. The van der Waals surface area contributed by atoms with Crippen LogP contribution >= 0.6 is 0 Å². The zero-order valence-corrected chi connectivity index (χ0v) is 10.7. The average molecular weight is 259 g/mol. The molecule has 19 heavy (non-hydrogen) atoms. The Balaban J connectivity index is 1.67. The molecule has 100 valence electrons. The number of imide groups is 1. The first-order chi connectivity index (χ1) is 9.18. The van der Waals surface area contributed by atoms with Gasteiger partial charge in [0.25, 0.3) is 0 Å². The smallest absolute Gasteiger partial charge is 0.248 e. The maximum Gasteiger partial charge on any atom is 0.248 e. The molecule has 5 heteroatoms. The molecular formula is C14H17N3O2. The van der Waals surface area contributed by atoms with Gasteiger partial charge >= 0.3 is 0 Å². The summed E-state index contributed by atoms with van der Waals surface area (Å²) in [5, 5.41) is 5.54. The van der Waals surface area contributed by atoms with Crippen LogP contribution in [0.15, 0.2) is 30.3 Å². The molecule has 0 radical (unpaired) electrons. The number of benzene rings is 1. The Bertz CT molecular complexity index is 503. The molecule has 2 amide bonds. The standard InChI is InChI=1S/C14H17N3O2/c18-12-8-15-14(13(19)16-12)6-7-17(10-14)9-11-4-2-1-3-5-11/h1-5,15H,6-10H2,(H,16,18,19). The predicted molar refractivity (Wildman–Crippen MR) is 70.2 cm³/mol. The molecular weight excluding hydrogens is 242 g/mol. The summed E-state index contributed by atoms with van der Waals surface area (Å²) in [7, 11) is 0. The van der Waals surface area contributed by atoms with Crippen LogP contribution in [-0.4, -0.2) is 41.9 Å². The van der Waals surface area contributed by atoms with Gasteiger partial charge in [-0.15, -0.1) is 0 Å². The Morgan fingerprint density at radius 2 is 2.00 bits per heavy atom. The highest BCUT2D eigenvalue weighted by Gasteiger charge is 2.47. The third-order valence-corrected chi connectivity index (χ3v) is 3.87. The molecule has 3 rings (SSSR count). The molecule has 2 saturated heterocycles. The Labute approximate surface area is 112 Å². The summed E-state index contributed by atoms with van der Waals surface area (Å²) < 4.78 is 0. The number of carbonyl (C=O) groups excluding carboxylic acids is 2. The number of amides is 2. The SMILES string of the molecule is O=C1CNC2(CCN(Cc3ccccc3)C2)C(=O)N1. The maximum absolute atomic E-state index is 12.0. The second-order valence-corrected chi connectivity index (χ2v) is 5.26. The highest BCUT2D eigenvalue weighted by Crippen LogP contribution is 2.24. The van der Waals surface area contributed by atoms with Gasteiger partial charge in [-0.1, -0.05) is 30.3 Å². The maximum atomic E-state index is 12.0. The molecule has 1 atom stereocenters. The van der Waals surface area contributed by atoms with Crippen LogP contribution in [0.4, 0.5) is 0 Å². The van der Waals surface area contributed by atoms with Crippen LogP contribution in [0.25, 0.3) is 0 Å². The lowest BCUT2D eigenvalue weighted by Gasteiger charge is -2.32. The summed E-state index contributed by atoms with van der Waals surface area (Å²) >= 11 is 0. The van der Waals surface area contributed by atoms with E-state index in [-0.39, 0.29) is 18.4 Å². The lowest BCUT2D eigenvalue weighted by Crippen LogP contribution is -2.66.